The van der Waals surface area contributed by atoms with Crippen LogP contribution in [-0.2, 0) is 0 Å². The van der Waals surface area contributed by atoms with E-state index in [9.17, 15) is 10.2 Å². The zero-order chi connectivity index (χ0) is 15.4. The second-order valence-electron chi connectivity index (χ2n) is 4.56. The molecule has 6 heteroatoms. The molecule has 0 bridgehead atoms. The lowest BCUT2D eigenvalue weighted by molar-refractivity contribution is 0.450. The summed E-state index contributed by atoms with van der Waals surface area (Å²) in [6.07, 6.45) is 1.50. The van der Waals surface area contributed by atoms with Crippen molar-refractivity contribution in [3.8, 4) is 22.8 Å². The maximum Gasteiger partial charge on any atom is 0.203 e. The highest BCUT2D eigenvalue weighted by molar-refractivity contribution is 7.14. The van der Waals surface area contributed by atoms with E-state index in [1.54, 1.807) is 0 Å². The minimum absolute atomic E-state index is 0.0120. The van der Waals surface area contributed by atoms with Crippen LogP contribution in [0.1, 0.15) is 5.56 Å². The van der Waals surface area contributed by atoms with Gasteiger partial charge in [0.1, 0.15) is 11.5 Å². The summed E-state index contributed by atoms with van der Waals surface area (Å²) in [4.78, 5) is 4.44. The number of aromatic hydroxyl groups is 2. The van der Waals surface area contributed by atoms with Crippen molar-refractivity contribution in [3.05, 3.63) is 59.5 Å². The number of phenolic OH excluding ortho intramolecular Hbond substituents is 2. The second-order valence-corrected chi connectivity index (χ2v) is 5.41. The van der Waals surface area contributed by atoms with Crippen molar-refractivity contribution in [2.24, 2.45) is 5.10 Å². The molecule has 0 amide bonds. The standard InChI is InChI=1S/C16H13N3O2S/c20-13-6-11(7-14(21)8-13)9-17-19-16-18-15(10-22-16)12-4-2-1-3-5-12/h1-10,20-21H,(H,18,19). The Labute approximate surface area is 131 Å². The van der Waals surface area contributed by atoms with Gasteiger partial charge in [0.2, 0.25) is 5.13 Å². The Balaban J connectivity index is 1.69. The number of hydrogen-bond acceptors (Lipinski definition) is 6. The molecule has 0 aliphatic rings. The number of thiazole rings is 1. The van der Waals surface area contributed by atoms with E-state index in [-0.39, 0.29) is 11.5 Å². The predicted octanol–water partition coefficient (Wildman–Crippen LogP) is 3.67. The SMILES string of the molecule is Oc1cc(O)cc(C=NNc2nc(-c3ccccc3)cs2)c1. The molecule has 3 aromatic rings. The van der Waals surface area contributed by atoms with Crippen molar-refractivity contribution in [3.63, 3.8) is 0 Å². The summed E-state index contributed by atoms with van der Waals surface area (Å²) in [7, 11) is 0. The molecule has 1 aromatic heterocycles. The average Bonchev–Trinajstić information content (AvgIpc) is 2.96. The van der Waals surface area contributed by atoms with Crippen LogP contribution < -0.4 is 5.43 Å². The third-order valence-electron chi connectivity index (χ3n) is 2.87. The summed E-state index contributed by atoms with van der Waals surface area (Å²) in [5.74, 6) is -0.0240. The molecular formula is C16H13N3O2S. The maximum atomic E-state index is 9.39. The molecule has 1 heterocycles. The minimum Gasteiger partial charge on any atom is -0.508 e. The number of nitrogens with one attached hydrogen (secondary N) is 1. The molecule has 0 spiro atoms. The molecule has 2 aromatic carbocycles. The minimum atomic E-state index is -0.0120. The van der Waals surface area contributed by atoms with E-state index < -0.39 is 0 Å². The van der Waals surface area contributed by atoms with Gasteiger partial charge in [0.25, 0.3) is 0 Å². The summed E-state index contributed by atoms with van der Waals surface area (Å²) >= 11 is 1.45. The molecule has 3 rings (SSSR count). The van der Waals surface area contributed by atoms with E-state index in [1.807, 2.05) is 35.7 Å². The number of phenols is 2. The lowest BCUT2D eigenvalue weighted by Crippen LogP contribution is -1.90. The van der Waals surface area contributed by atoms with Crippen molar-refractivity contribution in [2.45, 2.75) is 0 Å². The molecule has 3 N–H and O–H groups in total. The molecule has 0 unspecified atom stereocenters. The fourth-order valence-electron chi connectivity index (χ4n) is 1.92. The van der Waals surface area contributed by atoms with Crippen LogP contribution in [-0.4, -0.2) is 21.4 Å². The lowest BCUT2D eigenvalue weighted by atomic mass is 10.2. The Morgan fingerprint density at radius 2 is 1.77 bits per heavy atom. The normalized spacial score (nSPS) is 10.9. The molecule has 0 radical (unpaired) electrons. The highest BCUT2D eigenvalue weighted by atomic mass is 32.1. The van der Waals surface area contributed by atoms with Crippen LogP contribution in [0.4, 0.5) is 5.13 Å². The maximum absolute atomic E-state index is 9.39. The number of rotatable bonds is 4. The molecule has 5 nitrogen and oxygen atoms in total. The molecule has 0 atom stereocenters. The Morgan fingerprint density at radius 1 is 1.05 bits per heavy atom. The van der Waals surface area contributed by atoms with Crippen molar-refractivity contribution in [2.75, 3.05) is 5.43 Å². The lowest BCUT2D eigenvalue weighted by Gasteiger charge is -1.98. The van der Waals surface area contributed by atoms with Crippen LogP contribution in [0.25, 0.3) is 11.3 Å². The quantitative estimate of drug-likeness (QED) is 0.507. The first-order valence-electron chi connectivity index (χ1n) is 6.54. The first kappa shape index (κ1) is 14.1. The van der Waals surface area contributed by atoms with Gasteiger partial charge in [-0.15, -0.1) is 11.3 Å². The molecule has 0 aliphatic heterocycles. The number of nitrogens with zero attached hydrogens (tertiary/aromatic N) is 2. The third kappa shape index (κ3) is 3.42. The highest BCUT2D eigenvalue weighted by Gasteiger charge is 2.03. The van der Waals surface area contributed by atoms with E-state index in [0.717, 1.165) is 11.3 Å². The molecule has 0 fully saturated rings. The van der Waals surface area contributed by atoms with Crippen molar-refractivity contribution in [1.82, 2.24) is 4.98 Å². The second kappa shape index (κ2) is 6.28. The summed E-state index contributed by atoms with van der Waals surface area (Å²) in [5, 5.41) is 25.4. The van der Waals surface area contributed by atoms with E-state index in [2.05, 4.69) is 15.5 Å². The highest BCUT2D eigenvalue weighted by Crippen LogP contribution is 2.24. The van der Waals surface area contributed by atoms with Gasteiger partial charge in [-0.1, -0.05) is 30.3 Å². The van der Waals surface area contributed by atoms with Gasteiger partial charge < -0.3 is 10.2 Å². The van der Waals surface area contributed by atoms with Crippen LogP contribution in [0.5, 0.6) is 11.5 Å². The van der Waals surface area contributed by atoms with E-state index in [4.69, 9.17) is 0 Å². The van der Waals surface area contributed by atoms with Gasteiger partial charge in [0.05, 0.1) is 11.9 Å². The van der Waals surface area contributed by atoms with Crippen molar-refractivity contribution in [1.29, 1.82) is 0 Å². The molecular weight excluding hydrogens is 298 g/mol. The molecule has 0 saturated heterocycles. The Morgan fingerprint density at radius 3 is 2.50 bits per heavy atom. The monoisotopic (exact) mass is 311 g/mol. The molecule has 22 heavy (non-hydrogen) atoms. The Bertz CT molecular complexity index is 780. The summed E-state index contributed by atoms with van der Waals surface area (Å²) in [5.41, 5.74) is 5.36. The van der Waals surface area contributed by atoms with Gasteiger partial charge >= 0.3 is 0 Å². The van der Waals surface area contributed by atoms with Gasteiger partial charge in [0.15, 0.2) is 0 Å². The van der Waals surface area contributed by atoms with Gasteiger partial charge in [-0.2, -0.15) is 5.10 Å². The molecule has 0 saturated carbocycles. The molecule has 0 aliphatic carbocycles. The number of hydrogen-bond donors (Lipinski definition) is 3. The number of benzene rings is 2. The largest absolute Gasteiger partial charge is 0.508 e. The van der Waals surface area contributed by atoms with Gasteiger partial charge in [-0.25, -0.2) is 4.98 Å². The summed E-state index contributed by atoms with van der Waals surface area (Å²) in [6, 6.07) is 14.2. The first-order chi connectivity index (χ1) is 10.7. The van der Waals surface area contributed by atoms with Crippen LogP contribution in [0.2, 0.25) is 0 Å². The fraction of sp³-hybridized carbons (Fsp3) is 0. The summed E-state index contributed by atoms with van der Waals surface area (Å²) < 4.78 is 0. The van der Waals surface area contributed by atoms with Gasteiger partial charge in [0, 0.05) is 22.6 Å². The van der Waals surface area contributed by atoms with Gasteiger partial charge in [-0.05, 0) is 12.1 Å². The van der Waals surface area contributed by atoms with Gasteiger partial charge in [-0.3, -0.25) is 5.43 Å². The van der Waals surface area contributed by atoms with Crippen LogP contribution >= 0.6 is 11.3 Å². The topological polar surface area (TPSA) is 77.7 Å². The van der Waals surface area contributed by atoms with E-state index in [1.165, 1.54) is 35.8 Å². The summed E-state index contributed by atoms with van der Waals surface area (Å²) in [6.45, 7) is 0. The van der Waals surface area contributed by atoms with Crippen LogP contribution in [0.15, 0.2) is 59.0 Å². The average molecular weight is 311 g/mol. The van der Waals surface area contributed by atoms with Crippen LogP contribution in [0.3, 0.4) is 0 Å². The van der Waals surface area contributed by atoms with Crippen molar-refractivity contribution < 1.29 is 10.2 Å². The van der Waals surface area contributed by atoms with Crippen molar-refractivity contribution >= 4 is 22.7 Å². The van der Waals surface area contributed by atoms with E-state index in [0.29, 0.717) is 10.7 Å². The number of hydrazone groups is 1. The first-order valence-corrected chi connectivity index (χ1v) is 7.42. The van der Waals surface area contributed by atoms with E-state index >= 15 is 0 Å². The van der Waals surface area contributed by atoms with Crippen LogP contribution in [0, 0.1) is 0 Å². The molecule has 110 valence electrons. The Hall–Kier alpha value is -2.86. The Kier molecular flexibility index (Phi) is 4.02. The predicted molar refractivity (Wildman–Crippen MR) is 88.5 cm³/mol. The smallest absolute Gasteiger partial charge is 0.203 e. The number of aromatic nitrogens is 1. The fourth-order valence-corrected chi connectivity index (χ4v) is 2.59. The number of anilines is 1. The zero-order valence-corrected chi connectivity index (χ0v) is 12.3. The third-order valence-corrected chi connectivity index (χ3v) is 3.62. The zero-order valence-electron chi connectivity index (χ0n) is 11.5.